The highest BCUT2D eigenvalue weighted by Gasteiger charge is 2.51. The molecule has 1 amide bonds. The Morgan fingerprint density at radius 1 is 0.957 bits per heavy atom. The monoisotopic (exact) mass is 302 g/mol. The van der Waals surface area contributed by atoms with Crippen molar-refractivity contribution in [1.82, 2.24) is 9.88 Å². The van der Waals surface area contributed by atoms with Gasteiger partial charge in [0.05, 0.1) is 5.69 Å². The summed E-state index contributed by atoms with van der Waals surface area (Å²) in [6, 6.07) is 19.0. The van der Waals surface area contributed by atoms with Crippen molar-refractivity contribution in [1.29, 1.82) is 0 Å². The minimum absolute atomic E-state index is 0.276. The zero-order chi connectivity index (χ0) is 15.4. The van der Waals surface area contributed by atoms with Crippen LogP contribution >= 0.6 is 0 Å². The number of aromatic amines is 1. The van der Waals surface area contributed by atoms with E-state index >= 15 is 0 Å². The Balaban J connectivity index is 1.85. The topological polar surface area (TPSA) is 36.1 Å². The summed E-state index contributed by atoms with van der Waals surface area (Å²) in [4.78, 5) is 18.3. The number of rotatable bonds is 1. The van der Waals surface area contributed by atoms with Crippen molar-refractivity contribution in [2.24, 2.45) is 0 Å². The van der Waals surface area contributed by atoms with Crippen molar-refractivity contribution < 1.29 is 4.79 Å². The first kappa shape index (κ1) is 12.9. The second-order valence-electron chi connectivity index (χ2n) is 6.55. The first-order valence-electron chi connectivity index (χ1n) is 8.27. The molecular weight excluding hydrogens is 284 g/mol. The van der Waals surface area contributed by atoms with Gasteiger partial charge in [0.25, 0.3) is 0 Å². The van der Waals surface area contributed by atoms with Crippen molar-refractivity contribution >= 4 is 16.8 Å². The van der Waals surface area contributed by atoms with E-state index in [0.29, 0.717) is 6.42 Å². The Morgan fingerprint density at radius 3 is 2.61 bits per heavy atom. The molecule has 0 saturated carbocycles. The first-order chi connectivity index (χ1) is 11.3. The van der Waals surface area contributed by atoms with Crippen LogP contribution < -0.4 is 0 Å². The molecule has 1 aromatic heterocycles. The molecule has 3 heteroatoms. The fourth-order valence-corrected chi connectivity index (χ4v) is 4.54. The first-order valence-corrected chi connectivity index (χ1v) is 8.27. The molecule has 0 unspecified atom stereocenters. The molecular formula is C20H18N2O. The molecule has 5 rings (SSSR count). The van der Waals surface area contributed by atoms with E-state index in [-0.39, 0.29) is 11.4 Å². The highest BCUT2D eigenvalue weighted by atomic mass is 16.2. The molecule has 2 aromatic carbocycles. The smallest absolute Gasteiger partial charge is 0.223 e. The summed E-state index contributed by atoms with van der Waals surface area (Å²) in [5, 5.41) is 1.30. The van der Waals surface area contributed by atoms with Gasteiger partial charge in [-0.2, -0.15) is 0 Å². The van der Waals surface area contributed by atoms with Crippen LogP contribution in [0.25, 0.3) is 10.9 Å². The molecule has 1 N–H and O–H groups in total. The van der Waals surface area contributed by atoms with Crippen LogP contribution in [0.5, 0.6) is 0 Å². The quantitative estimate of drug-likeness (QED) is 0.732. The third kappa shape index (κ3) is 1.57. The number of carbonyl (C=O) groups excluding carboxylic acids is 1. The molecule has 1 atom stereocenters. The average Bonchev–Trinajstić information content (AvgIpc) is 3.15. The summed E-state index contributed by atoms with van der Waals surface area (Å²) in [6.45, 7) is 0.808. The van der Waals surface area contributed by atoms with E-state index < -0.39 is 0 Å². The third-order valence-corrected chi connectivity index (χ3v) is 5.53. The summed E-state index contributed by atoms with van der Waals surface area (Å²) in [7, 11) is 0. The van der Waals surface area contributed by atoms with Crippen molar-refractivity contribution in [2.75, 3.05) is 6.54 Å². The number of nitrogens with zero attached hydrogens (tertiary/aromatic N) is 1. The normalized spacial score (nSPS) is 23.1. The minimum atomic E-state index is -0.315. The van der Waals surface area contributed by atoms with Crippen molar-refractivity contribution in [3.8, 4) is 0 Å². The lowest BCUT2D eigenvalue weighted by Gasteiger charge is -2.42. The Labute approximate surface area is 134 Å². The maximum atomic E-state index is 12.5. The fourth-order valence-electron chi connectivity index (χ4n) is 4.54. The van der Waals surface area contributed by atoms with Gasteiger partial charge in [0.15, 0.2) is 0 Å². The van der Waals surface area contributed by atoms with Gasteiger partial charge in [-0.1, -0.05) is 48.5 Å². The minimum Gasteiger partial charge on any atom is -0.356 e. The standard InChI is InChI=1S/C20H18N2O/c23-18-10-12-20(14-6-2-1-3-7-14)19-16(11-13-22(18)20)15-8-4-5-9-17(15)21-19/h1-9,21H,10-13H2/t20-/m0/s1. The number of aromatic nitrogens is 1. The highest BCUT2D eigenvalue weighted by Crippen LogP contribution is 2.49. The summed E-state index contributed by atoms with van der Waals surface area (Å²) in [6.07, 6.45) is 2.42. The van der Waals surface area contributed by atoms with E-state index in [9.17, 15) is 4.79 Å². The van der Waals surface area contributed by atoms with Gasteiger partial charge >= 0.3 is 0 Å². The van der Waals surface area contributed by atoms with Gasteiger partial charge in [0, 0.05) is 23.9 Å². The summed E-state index contributed by atoms with van der Waals surface area (Å²) < 4.78 is 0. The number of fused-ring (bicyclic) bond motifs is 5. The molecule has 0 spiro atoms. The van der Waals surface area contributed by atoms with Gasteiger partial charge in [0.1, 0.15) is 5.54 Å². The van der Waals surface area contributed by atoms with E-state index in [1.54, 1.807) is 0 Å². The predicted octanol–water partition coefficient (Wildman–Crippen LogP) is 3.59. The number of H-pyrrole nitrogens is 1. The second-order valence-corrected chi connectivity index (χ2v) is 6.55. The molecule has 3 aromatic rings. The van der Waals surface area contributed by atoms with Gasteiger partial charge in [-0.25, -0.2) is 0 Å². The number of nitrogens with one attached hydrogen (secondary N) is 1. The molecule has 0 aliphatic carbocycles. The number of carbonyl (C=O) groups is 1. The van der Waals surface area contributed by atoms with Crippen LogP contribution in [0.15, 0.2) is 54.6 Å². The molecule has 3 nitrogen and oxygen atoms in total. The third-order valence-electron chi connectivity index (χ3n) is 5.53. The maximum absolute atomic E-state index is 12.5. The summed E-state index contributed by atoms with van der Waals surface area (Å²) in [5.74, 6) is 0.276. The average molecular weight is 302 g/mol. The number of para-hydroxylation sites is 1. The SMILES string of the molecule is O=C1CC[C@]2(c3ccccc3)c3[nH]c4ccccc4c3CCN12. The summed E-state index contributed by atoms with van der Waals surface area (Å²) in [5.41, 5.74) is 4.69. The lowest BCUT2D eigenvalue weighted by Crippen LogP contribution is -2.48. The van der Waals surface area contributed by atoms with Gasteiger partial charge in [0.2, 0.25) is 5.91 Å². The zero-order valence-corrected chi connectivity index (χ0v) is 12.9. The number of benzene rings is 2. The Kier molecular flexibility index (Phi) is 2.52. The molecule has 1 saturated heterocycles. The van der Waals surface area contributed by atoms with E-state index in [1.165, 1.54) is 27.7 Å². The maximum Gasteiger partial charge on any atom is 0.223 e. The largest absolute Gasteiger partial charge is 0.356 e. The number of hydrogen-bond acceptors (Lipinski definition) is 1. The van der Waals surface area contributed by atoms with Crippen LogP contribution in [-0.2, 0) is 16.8 Å². The Morgan fingerprint density at radius 2 is 1.74 bits per heavy atom. The van der Waals surface area contributed by atoms with Crippen LogP contribution in [0.1, 0.15) is 29.7 Å². The lowest BCUT2D eigenvalue weighted by atomic mass is 9.79. The molecule has 2 aliphatic rings. The molecule has 0 bridgehead atoms. The van der Waals surface area contributed by atoms with Crippen LogP contribution in [0.4, 0.5) is 0 Å². The molecule has 1 fully saturated rings. The van der Waals surface area contributed by atoms with E-state index in [1.807, 2.05) is 6.07 Å². The van der Waals surface area contributed by atoms with Crippen LogP contribution in [0.2, 0.25) is 0 Å². The summed E-state index contributed by atoms with van der Waals surface area (Å²) >= 11 is 0. The van der Waals surface area contributed by atoms with Crippen LogP contribution in [-0.4, -0.2) is 22.3 Å². The highest BCUT2D eigenvalue weighted by molar-refractivity contribution is 5.88. The predicted molar refractivity (Wildman–Crippen MR) is 90.2 cm³/mol. The number of hydrogen-bond donors (Lipinski definition) is 1. The second kappa shape index (κ2) is 4.48. The molecule has 114 valence electrons. The van der Waals surface area contributed by atoms with Crippen LogP contribution in [0, 0.1) is 0 Å². The fraction of sp³-hybridized carbons (Fsp3) is 0.250. The Bertz CT molecular complexity index is 912. The van der Waals surface area contributed by atoms with E-state index in [2.05, 4.69) is 58.4 Å². The van der Waals surface area contributed by atoms with Gasteiger partial charge < -0.3 is 9.88 Å². The van der Waals surface area contributed by atoms with Gasteiger partial charge in [-0.05, 0) is 30.0 Å². The molecule has 2 aliphatic heterocycles. The van der Waals surface area contributed by atoms with Crippen molar-refractivity contribution in [3.05, 3.63) is 71.4 Å². The number of amides is 1. The van der Waals surface area contributed by atoms with E-state index in [0.717, 1.165) is 19.4 Å². The van der Waals surface area contributed by atoms with E-state index in [4.69, 9.17) is 0 Å². The lowest BCUT2D eigenvalue weighted by molar-refractivity contribution is -0.131. The molecule has 23 heavy (non-hydrogen) atoms. The molecule has 0 radical (unpaired) electrons. The van der Waals surface area contributed by atoms with Crippen molar-refractivity contribution in [3.63, 3.8) is 0 Å². The zero-order valence-electron chi connectivity index (χ0n) is 12.9. The molecule has 3 heterocycles. The van der Waals surface area contributed by atoms with Crippen LogP contribution in [0.3, 0.4) is 0 Å². The van der Waals surface area contributed by atoms with Gasteiger partial charge in [-0.3, -0.25) is 4.79 Å². The van der Waals surface area contributed by atoms with Gasteiger partial charge in [-0.15, -0.1) is 0 Å². The Hall–Kier alpha value is -2.55. The van der Waals surface area contributed by atoms with Crippen molar-refractivity contribution in [2.45, 2.75) is 24.8 Å².